The predicted molar refractivity (Wildman–Crippen MR) is 130 cm³/mol. The van der Waals surface area contributed by atoms with E-state index < -0.39 is 10.0 Å². The zero-order valence-corrected chi connectivity index (χ0v) is 19.7. The van der Waals surface area contributed by atoms with Crippen LogP contribution in [-0.4, -0.2) is 39.9 Å². The van der Waals surface area contributed by atoms with Gasteiger partial charge in [0.1, 0.15) is 0 Å². The molecule has 0 heterocycles. The topological polar surface area (TPSA) is 78.5 Å². The molecule has 3 aromatic rings. The highest BCUT2D eigenvalue weighted by molar-refractivity contribution is 7.92. The summed E-state index contributed by atoms with van der Waals surface area (Å²) in [6.45, 7) is 4.77. The summed E-state index contributed by atoms with van der Waals surface area (Å²) in [4.78, 5) is 14.9. The Hall–Kier alpha value is -3.16. The second-order valence-electron chi connectivity index (χ2n) is 8.13. The van der Waals surface area contributed by atoms with Crippen LogP contribution in [0.5, 0.6) is 0 Å². The van der Waals surface area contributed by atoms with Crippen LogP contribution in [0.2, 0.25) is 0 Å². The number of nitrogens with zero attached hydrogens (tertiary/aromatic N) is 1. The largest absolute Gasteiger partial charge is 0.322 e. The molecule has 32 heavy (non-hydrogen) atoms. The second-order valence-corrected chi connectivity index (χ2v) is 9.82. The first kappa shape index (κ1) is 23.5. The lowest BCUT2D eigenvalue weighted by atomic mass is 10.1. The fourth-order valence-corrected chi connectivity index (χ4v) is 4.24. The van der Waals surface area contributed by atoms with Crippen molar-refractivity contribution in [3.63, 3.8) is 0 Å². The fourth-order valence-electron chi connectivity index (χ4n) is 3.10. The maximum Gasteiger partial charge on any atom is 0.261 e. The van der Waals surface area contributed by atoms with Gasteiger partial charge < -0.3 is 10.2 Å². The number of sulfonamides is 1. The number of hydrogen-bond acceptors (Lipinski definition) is 4. The van der Waals surface area contributed by atoms with Gasteiger partial charge in [0, 0.05) is 23.5 Å². The van der Waals surface area contributed by atoms with E-state index in [1.165, 1.54) is 5.56 Å². The van der Waals surface area contributed by atoms with Crippen LogP contribution < -0.4 is 10.0 Å². The highest BCUT2D eigenvalue weighted by atomic mass is 32.2. The lowest BCUT2D eigenvalue weighted by molar-refractivity contribution is 0.102. The van der Waals surface area contributed by atoms with Crippen LogP contribution in [0, 0.1) is 13.8 Å². The van der Waals surface area contributed by atoms with E-state index in [1.807, 2.05) is 52.2 Å². The summed E-state index contributed by atoms with van der Waals surface area (Å²) in [5.41, 5.74) is 4.69. The molecular formula is C25H29N3O3S. The van der Waals surface area contributed by atoms with E-state index in [0.717, 1.165) is 24.1 Å². The van der Waals surface area contributed by atoms with E-state index in [4.69, 9.17) is 0 Å². The van der Waals surface area contributed by atoms with Gasteiger partial charge in [0.25, 0.3) is 15.9 Å². The first-order valence-electron chi connectivity index (χ1n) is 10.4. The minimum Gasteiger partial charge on any atom is -0.322 e. The Labute approximate surface area is 190 Å². The Morgan fingerprint density at radius 1 is 0.844 bits per heavy atom. The average Bonchev–Trinajstić information content (AvgIpc) is 2.75. The molecular weight excluding hydrogens is 422 g/mol. The minimum absolute atomic E-state index is 0.205. The van der Waals surface area contributed by atoms with Crippen molar-refractivity contribution < 1.29 is 13.2 Å². The summed E-state index contributed by atoms with van der Waals surface area (Å²) in [5.74, 6) is -0.255. The summed E-state index contributed by atoms with van der Waals surface area (Å²) in [6, 6.07) is 19.1. The van der Waals surface area contributed by atoms with Gasteiger partial charge >= 0.3 is 0 Å². The maximum atomic E-state index is 12.6. The van der Waals surface area contributed by atoms with Gasteiger partial charge in [-0.1, -0.05) is 18.2 Å². The highest BCUT2D eigenvalue weighted by Crippen LogP contribution is 2.20. The number of anilines is 2. The van der Waals surface area contributed by atoms with Crippen LogP contribution in [0.3, 0.4) is 0 Å². The number of carbonyl (C=O) groups is 1. The van der Waals surface area contributed by atoms with Gasteiger partial charge in [0.05, 0.1) is 4.90 Å². The summed E-state index contributed by atoms with van der Waals surface area (Å²) in [5, 5.41) is 2.87. The molecule has 6 nitrogen and oxygen atoms in total. The highest BCUT2D eigenvalue weighted by Gasteiger charge is 2.15. The van der Waals surface area contributed by atoms with Gasteiger partial charge in [-0.15, -0.1) is 0 Å². The third kappa shape index (κ3) is 6.18. The Kier molecular flexibility index (Phi) is 7.33. The monoisotopic (exact) mass is 451 g/mol. The summed E-state index contributed by atoms with van der Waals surface area (Å²) in [7, 11) is 0.370. The fraction of sp³-hybridized carbons (Fsp3) is 0.240. The van der Waals surface area contributed by atoms with Crippen LogP contribution in [-0.2, 0) is 16.4 Å². The molecule has 0 radical (unpaired) electrons. The first-order valence-corrected chi connectivity index (χ1v) is 11.9. The van der Waals surface area contributed by atoms with Crippen LogP contribution >= 0.6 is 0 Å². The smallest absolute Gasteiger partial charge is 0.261 e. The number of nitrogens with one attached hydrogen (secondary N) is 2. The number of benzene rings is 3. The van der Waals surface area contributed by atoms with Gasteiger partial charge in [-0.25, -0.2) is 8.42 Å². The molecule has 1 amide bonds. The third-order valence-corrected chi connectivity index (χ3v) is 6.63. The molecule has 0 aromatic heterocycles. The first-order chi connectivity index (χ1) is 15.1. The van der Waals surface area contributed by atoms with E-state index in [0.29, 0.717) is 16.9 Å². The van der Waals surface area contributed by atoms with Crippen molar-refractivity contribution in [3.05, 3.63) is 89.0 Å². The number of carbonyl (C=O) groups excluding carboxylic acids is 1. The van der Waals surface area contributed by atoms with Crippen molar-refractivity contribution in [1.82, 2.24) is 4.90 Å². The van der Waals surface area contributed by atoms with Crippen LogP contribution in [0.25, 0.3) is 0 Å². The molecule has 3 aromatic carbocycles. The molecule has 2 N–H and O–H groups in total. The summed E-state index contributed by atoms with van der Waals surface area (Å²) in [6.07, 6.45) is 0.945. The lowest BCUT2D eigenvalue weighted by Crippen LogP contribution is -2.15. The summed E-state index contributed by atoms with van der Waals surface area (Å²) < 4.78 is 27.8. The number of rotatable bonds is 8. The van der Waals surface area contributed by atoms with E-state index >= 15 is 0 Å². The van der Waals surface area contributed by atoms with E-state index in [-0.39, 0.29) is 10.8 Å². The van der Waals surface area contributed by atoms with Crippen LogP contribution in [0.15, 0.2) is 71.6 Å². The van der Waals surface area contributed by atoms with Gasteiger partial charge in [0.15, 0.2) is 0 Å². The van der Waals surface area contributed by atoms with Gasteiger partial charge in [-0.05, 0) is 99.6 Å². The van der Waals surface area contributed by atoms with E-state index in [9.17, 15) is 13.2 Å². The third-order valence-electron chi connectivity index (χ3n) is 5.25. The molecule has 0 aliphatic heterocycles. The molecule has 0 aliphatic carbocycles. The normalized spacial score (nSPS) is 11.4. The lowest BCUT2D eigenvalue weighted by Gasteiger charge is -2.11. The Bertz CT molecular complexity index is 1190. The molecule has 0 spiro atoms. The zero-order valence-electron chi connectivity index (χ0n) is 18.8. The molecule has 0 aliphatic rings. The molecule has 7 heteroatoms. The van der Waals surface area contributed by atoms with Crippen molar-refractivity contribution in [3.8, 4) is 0 Å². The molecule has 0 atom stereocenters. The van der Waals surface area contributed by atoms with Crippen molar-refractivity contribution in [2.24, 2.45) is 0 Å². The van der Waals surface area contributed by atoms with Crippen LogP contribution in [0.4, 0.5) is 11.4 Å². The van der Waals surface area contributed by atoms with E-state index in [1.54, 1.807) is 42.5 Å². The predicted octanol–water partition coefficient (Wildman–Crippen LogP) is 4.46. The molecule has 3 rings (SSSR count). The Morgan fingerprint density at radius 3 is 2.06 bits per heavy atom. The number of likely N-dealkylation sites (N-methyl/N-ethyl adjacent to an activating group) is 1. The van der Waals surface area contributed by atoms with Crippen molar-refractivity contribution in [2.45, 2.75) is 25.2 Å². The molecule has 0 fully saturated rings. The Morgan fingerprint density at radius 2 is 1.47 bits per heavy atom. The second kappa shape index (κ2) is 9.97. The van der Waals surface area contributed by atoms with Crippen molar-refractivity contribution in [2.75, 3.05) is 30.7 Å². The van der Waals surface area contributed by atoms with Gasteiger partial charge in [-0.2, -0.15) is 0 Å². The molecule has 0 bridgehead atoms. The Balaban J connectivity index is 1.63. The SMILES string of the molecule is Cc1ccc(S(=O)(=O)Nc2ccc(C(=O)Nc3ccc(CCN(C)C)cc3)cc2)cc1C. The van der Waals surface area contributed by atoms with Gasteiger partial charge in [-0.3, -0.25) is 9.52 Å². The van der Waals surface area contributed by atoms with Crippen molar-refractivity contribution >= 4 is 27.3 Å². The standard InChI is InChI=1S/C25H29N3O3S/c1-18-5-14-24(17-19(18)2)32(30,31)27-23-12-8-21(9-13-23)25(29)26-22-10-6-20(7-11-22)15-16-28(3)4/h5-14,17,27H,15-16H2,1-4H3,(H,26,29). The average molecular weight is 452 g/mol. The molecule has 0 saturated heterocycles. The number of hydrogen-bond donors (Lipinski definition) is 2. The van der Waals surface area contributed by atoms with E-state index in [2.05, 4.69) is 14.9 Å². The zero-order chi connectivity index (χ0) is 23.3. The molecule has 0 saturated carbocycles. The quantitative estimate of drug-likeness (QED) is 0.530. The number of aryl methyl sites for hydroxylation is 2. The van der Waals surface area contributed by atoms with Gasteiger partial charge in [0.2, 0.25) is 0 Å². The molecule has 0 unspecified atom stereocenters. The molecule has 168 valence electrons. The minimum atomic E-state index is -3.70. The summed E-state index contributed by atoms with van der Waals surface area (Å²) >= 11 is 0. The van der Waals surface area contributed by atoms with Crippen molar-refractivity contribution in [1.29, 1.82) is 0 Å². The maximum absolute atomic E-state index is 12.6. The van der Waals surface area contributed by atoms with Crippen LogP contribution in [0.1, 0.15) is 27.0 Å². The number of amides is 1.